The third-order valence-corrected chi connectivity index (χ3v) is 1.59. The summed E-state index contributed by atoms with van der Waals surface area (Å²) in [5.74, 6) is -0.0378. The normalized spacial score (nSPS) is 9.31. The highest BCUT2D eigenvalue weighted by molar-refractivity contribution is 6.30. The van der Waals surface area contributed by atoms with Gasteiger partial charge in [0, 0.05) is 5.02 Å². The summed E-state index contributed by atoms with van der Waals surface area (Å²) in [6, 6.07) is 6.52. The molecule has 68 valence electrons. The van der Waals surface area contributed by atoms with Crippen molar-refractivity contribution < 1.29 is 14.9 Å². The second-order valence-electron chi connectivity index (χ2n) is 2.29. The molecule has 0 aliphatic heterocycles. The van der Waals surface area contributed by atoms with Gasteiger partial charge in [0.1, 0.15) is 0 Å². The molecule has 1 aromatic rings. The van der Waals surface area contributed by atoms with Gasteiger partial charge in [-0.25, -0.2) is 10.2 Å². The number of carbonyl (C=O) groups excluding carboxylic acids is 1. The van der Waals surface area contributed by atoms with E-state index < -0.39 is 6.09 Å². The molecule has 0 aliphatic carbocycles. The van der Waals surface area contributed by atoms with E-state index in [1.54, 1.807) is 24.3 Å². The lowest BCUT2D eigenvalue weighted by molar-refractivity contribution is -0.132. The summed E-state index contributed by atoms with van der Waals surface area (Å²) >= 11 is 5.64. The number of primary amides is 1. The topological polar surface area (TPSA) is 77.9 Å². The summed E-state index contributed by atoms with van der Waals surface area (Å²) in [4.78, 5) is 10.3. The standard InChI is InChI=1S/C8H7ClN2O2/c9-6-3-1-5(2-4-6)7(10)13-8(11)12/h1-4,10H,(H2,11,12)/p+1. The first-order valence-corrected chi connectivity index (χ1v) is 3.83. The molecule has 0 spiro atoms. The average Bonchev–Trinajstić information content (AvgIpc) is 2.04. The lowest BCUT2D eigenvalue weighted by atomic mass is 10.2. The zero-order chi connectivity index (χ0) is 9.84. The van der Waals surface area contributed by atoms with Crippen LogP contribution in [0.25, 0.3) is 0 Å². The van der Waals surface area contributed by atoms with E-state index in [1.807, 2.05) is 0 Å². The second kappa shape index (κ2) is 3.91. The number of rotatable bonds is 1. The van der Waals surface area contributed by atoms with Gasteiger partial charge in [-0.3, -0.25) is 0 Å². The predicted octanol–water partition coefficient (Wildman–Crippen LogP) is -0.0590. The number of ether oxygens (including phenoxy) is 1. The van der Waals surface area contributed by atoms with Crippen molar-refractivity contribution >= 4 is 23.6 Å². The van der Waals surface area contributed by atoms with E-state index in [2.05, 4.69) is 4.74 Å². The van der Waals surface area contributed by atoms with Crippen LogP contribution in [-0.4, -0.2) is 12.0 Å². The molecule has 1 amide bonds. The van der Waals surface area contributed by atoms with Gasteiger partial charge in [0.05, 0.1) is 5.56 Å². The maximum absolute atomic E-state index is 10.3. The van der Waals surface area contributed by atoms with E-state index >= 15 is 0 Å². The molecule has 1 rings (SSSR count). The summed E-state index contributed by atoms with van der Waals surface area (Å²) in [6.07, 6.45) is -0.938. The molecule has 0 fully saturated rings. The Kier molecular flexibility index (Phi) is 2.87. The van der Waals surface area contributed by atoms with Crippen LogP contribution in [-0.2, 0) is 4.74 Å². The molecule has 0 atom stereocenters. The molecule has 0 aliphatic rings. The molecule has 0 saturated carbocycles. The lowest BCUT2D eigenvalue weighted by Crippen LogP contribution is -2.44. The van der Waals surface area contributed by atoms with Crippen molar-refractivity contribution in [3.8, 4) is 0 Å². The molecule has 1 aromatic carbocycles. The van der Waals surface area contributed by atoms with Crippen molar-refractivity contribution in [2.45, 2.75) is 0 Å². The van der Waals surface area contributed by atoms with Gasteiger partial charge in [-0.05, 0) is 24.3 Å². The molecule has 4 nitrogen and oxygen atoms in total. The van der Waals surface area contributed by atoms with Gasteiger partial charge in [-0.15, -0.1) is 0 Å². The zero-order valence-corrected chi connectivity index (χ0v) is 7.41. The SMILES string of the molecule is NC(=O)OC(=[NH2+])c1ccc(Cl)cc1. The highest BCUT2D eigenvalue weighted by Crippen LogP contribution is 2.09. The molecule has 13 heavy (non-hydrogen) atoms. The van der Waals surface area contributed by atoms with Crippen LogP contribution in [0.5, 0.6) is 0 Å². The first kappa shape index (κ1) is 9.54. The van der Waals surface area contributed by atoms with Gasteiger partial charge in [0.25, 0.3) is 0 Å². The number of amides is 1. The Balaban J connectivity index is 2.78. The van der Waals surface area contributed by atoms with Crippen LogP contribution in [0, 0.1) is 0 Å². The third-order valence-electron chi connectivity index (χ3n) is 1.34. The Bertz CT molecular complexity index is 335. The Hall–Kier alpha value is -1.55. The minimum absolute atomic E-state index is 0.0378. The summed E-state index contributed by atoms with van der Waals surface area (Å²) in [5, 5.41) is 5.98. The van der Waals surface area contributed by atoms with Crippen LogP contribution < -0.4 is 11.1 Å². The van der Waals surface area contributed by atoms with E-state index in [0.717, 1.165) is 0 Å². The van der Waals surface area contributed by atoms with E-state index in [-0.39, 0.29) is 5.90 Å². The van der Waals surface area contributed by atoms with Crippen molar-refractivity contribution in [3.05, 3.63) is 34.9 Å². The Morgan fingerprint density at radius 2 is 1.92 bits per heavy atom. The molecule has 0 saturated heterocycles. The quantitative estimate of drug-likeness (QED) is 0.491. The molecular weight excluding hydrogens is 192 g/mol. The first-order chi connectivity index (χ1) is 6.09. The molecule has 5 heteroatoms. The van der Waals surface area contributed by atoms with Gasteiger partial charge in [-0.1, -0.05) is 11.6 Å². The smallest absolute Gasteiger partial charge is 0.354 e. The number of hydrogen-bond donors (Lipinski definition) is 2. The van der Waals surface area contributed by atoms with Crippen molar-refractivity contribution in [3.63, 3.8) is 0 Å². The molecule has 0 bridgehead atoms. The van der Waals surface area contributed by atoms with Crippen molar-refractivity contribution in [2.75, 3.05) is 0 Å². The Morgan fingerprint density at radius 1 is 1.38 bits per heavy atom. The highest BCUT2D eigenvalue weighted by atomic mass is 35.5. The summed E-state index contributed by atoms with van der Waals surface area (Å²) in [6.45, 7) is 0. The second-order valence-corrected chi connectivity index (χ2v) is 2.73. The van der Waals surface area contributed by atoms with Crippen LogP contribution in [0.2, 0.25) is 5.02 Å². The van der Waals surface area contributed by atoms with Crippen LogP contribution >= 0.6 is 11.6 Å². The number of benzene rings is 1. The average molecular weight is 200 g/mol. The fraction of sp³-hybridized carbons (Fsp3) is 0. The molecule has 0 aromatic heterocycles. The molecule has 0 heterocycles. The van der Waals surface area contributed by atoms with Gasteiger partial charge in [-0.2, -0.15) is 0 Å². The largest absolute Gasteiger partial charge is 0.414 e. The molecule has 4 N–H and O–H groups in total. The van der Waals surface area contributed by atoms with Crippen LogP contribution in [0.3, 0.4) is 0 Å². The third kappa shape index (κ3) is 2.76. The molecule has 0 radical (unpaired) electrons. The summed E-state index contributed by atoms with van der Waals surface area (Å²) < 4.78 is 4.47. The van der Waals surface area contributed by atoms with Gasteiger partial charge in [0.2, 0.25) is 0 Å². The van der Waals surface area contributed by atoms with Gasteiger partial charge < -0.3 is 10.5 Å². The van der Waals surface area contributed by atoms with Crippen LogP contribution in [0.4, 0.5) is 4.79 Å². The summed E-state index contributed by atoms with van der Waals surface area (Å²) in [7, 11) is 0. The fourth-order valence-corrected chi connectivity index (χ4v) is 0.907. The van der Waals surface area contributed by atoms with E-state index in [9.17, 15) is 4.79 Å². The van der Waals surface area contributed by atoms with Crippen molar-refractivity contribution in [2.24, 2.45) is 5.73 Å². The van der Waals surface area contributed by atoms with E-state index in [4.69, 9.17) is 22.7 Å². The van der Waals surface area contributed by atoms with Crippen molar-refractivity contribution in [1.29, 1.82) is 0 Å². The Morgan fingerprint density at radius 3 is 2.38 bits per heavy atom. The summed E-state index contributed by atoms with van der Waals surface area (Å²) in [5.41, 5.74) is 5.33. The minimum atomic E-state index is -0.938. The minimum Gasteiger partial charge on any atom is -0.354 e. The van der Waals surface area contributed by atoms with Gasteiger partial charge >= 0.3 is 12.0 Å². The number of carbonyl (C=O) groups is 1. The van der Waals surface area contributed by atoms with E-state index in [0.29, 0.717) is 10.6 Å². The zero-order valence-electron chi connectivity index (χ0n) is 6.66. The fourth-order valence-electron chi connectivity index (χ4n) is 0.781. The first-order valence-electron chi connectivity index (χ1n) is 3.45. The van der Waals surface area contributed by atoms with Crippen molar-refractivity contribution in [1.82, 2.24) is 0 Å². The highest BCUT2D eigenvalue weighted by Gasteiger charge is 2.10. The monoisotopic (exact) mass is 199 g/mol. The predicted molar refractivity (Wildman–Crippen MR) is 48.2 cm³/mol. The Labute approximate surface area is 79.8 Å². The number of hydrogen-bond acceptors (Lipinski definition) is 2. The number of nitrogens with two attached hydrogens (primary N) is 2. The van der Waals surface area contributed by atoms with E-state index in [1.165, 1.54) is 0 Å². The van der Waals surface area contributed by atoms with Crippen LogP contribution in [0.15, 0.2) is 24.3 Å². The molecule has 0 unspecified atom stereocenters. The number of halogens is 1. The van der Waals surface area contributed by atoms with Crippen LogP contribution in [0.1, 0.15) is 5.56 Å². The lowest BCUT2D eigenvalue weighted by Gasteiger charge is -1.97. The van der Waals surface area contributed by atoms with Gasteiger partial charge in [0.15, 0.2) is 0 Å². The maximum atomic E-state index is 10.3. The maximum Gasteiger partial charge on any atom is 0.414 e. The molecular formula is C8H8ClN2O2+.